The molecule has 0 aliphatic rings. The van der Waals surface area contributed by atoms with Gasteiger partial charge in [-0.3, -0.25) is 0 Å². The number of furan rings is 1. The van der Waals surface area contributed by atoms with E-state index >= 15 is 0 Å². The van der Waals surface area contributed by atoms with E-state index in [1.807, 2.05) is 18.2 Å². The number of halogens is 3. The van der Waals surface area contributed by atoms with Crippen molar-refractivity contribution in [3.63, 3.8) is 0 Å². The average molecular weight is 338 g/mol. The van der Waals surface area contributed by atoms with Crippen LogP contribution in [0, 0.1) is 11.6 Å². The van der Waals surface area contributed by atoms with Gasteiger partial charge in [-0.1, -0.05) is 18.2 Å². The molecule has 0 bridgehead atoms. The minimum atomic E-state index is -1.00. The van der Waals surface area contributed by atoms with Crippen LogP contribution in [0.15, 0.2) is 51.4 Å². The summed E-state index contributed by atoms with van der Waals surface area (Å²) in [5.74, 6) is -1.08. The highest BCUT2D eigenvalue weighted by molar-refractivity contribution is 9.10. The molecule has 20 heavy (non-hydrogen) atoms. The summed E-state index contributed by atoms with van der Waals surface area (Å²) in [4.78, 5) is 0. The molecule has 1 unspecified atom stereocenters. The predicted octanol–water partition coefficient (Wildman–Crippen LogP) is 4.52. The lowest BCUT2D eigenvalue weighted by Gasteiger charge is -2.12. The molecule has 1 aromatic heterocycles. The highest BCUT2D eigenvalue weighted by Gasteiger charge is 2.23. The number of benzene rings is 2. The number of hydrogen-bond acceptors (Lipinski definition) is 2. The SMILES string of the molecule is NC(c1cc2ccccc2o1)c1c(F)ccc(Br)c1F. The first-order chi connectivity index (χ1) is 9.58. The molecule has 2 N–H and O–H groups in total. The zero-order chi connectivity index (χ0) is 14.3. The molecule has 1 heterocycles. The van der Waals surface area contributed by atoms with Crippen molar-refractivity contribution in [3.8, 4) is 0 Å². The van der Waals surface area contributed by atoms with Gasteiger partial charge in [0.1, 0.15) is 23.0 Å². The molecule has 0 radical (unpaired) electrons. The second-order valence-corrected chi connectivity index (χ2v) is 5.28. The fraction of sp³-hybridized carbons (Fsp3) is 0.0667. The molecule has 0 amide bonds. The molecule has 2 nitrogen and oxygen atoms in total. The van der Waals surface area contributed by atoms with Crippen LogP contribution in [0.2, 0.25) is 0 Å². The van der Waals surface area contributed by atoms with Crippen molar-refractivity contribution < 1.29 is 13.2 Å². The van der Waals surface area contributed by atoms with E-state index < -0.39 is 17.7 Å². The molecule has 3 aromatic rings. The maximum atomic E-state index is 14.0. The summed E-state index contributed by atoms with van der Waals surface area (Å²) in [6, 6.07) is 10.5. The molecular weight excluding hydrogens is 328 g/mol. The van der Waals surface area contributed by atoms with Crippen LogP contribution in [-0.2, 0) is 0 Å². The van der Waals surface area contributed by atoms with Crippen molar-refractivity contribution >= 4 is 26.9 Å². The van der Waals surface area contributed by atoms with Crippen LogP contribution in [0.25, 0.3) is 11.0 Å². The first kappa shape index (κ1) is 13.3. The second kappa shape index (κ2) is 5.00. The molecule has 0 aliphatic carbocycles. The Bertz CT molecular complexity index is 752. The standard InChI is InChI=1S/C15H10BrF2NO/c16-9-5-6-10(17)13(14(9)18)15(19)12-7-8-3-1-2-4-11(8)20-12/h1-7,15H,19H2. The van der Waals surface area contributed by atoms with Crippen molar-refractivity contribution in [1.29, 1.82) is 0 Å². The first-order valence-electron chi connectivity index (χ1n) is 5.95. The van der Waals surface area contributed by atoms with Crippen molar-refractivity contribution in [1.82, 2.24) is 0 Å². The molecule has 0 aliphatic heterocycles. The molecule has 5 heteroatoms. The van der Waals surface area contributed by atoms with Crippen LogP contribution in [0.4, 0.5) is 8.78 Å². The van der Waals surface area contributed by atoms with Gasteiger partial charge in [0.05, 0.1) is 10.5 Å². The van der Waals surface area contributed by atoms with E-state index in [1.165, 1.54) is 12.1 Å². The highest BCUT2D eigenvalue weighted by atomic mass is 79.9. The topological polar surface area (TPSA) is 39.2 Å². The predicted molar refractivity (Wildman–Crippen MR) is 76.3 cm³/mol. The molecule has 0 saturated carbocycles. The molecular formula is C15H10BrF2NO. The monoisotopic (exact) mass is 337 g/mol. The van der Waals surface area contributed by atoms with E-state index in [4.69, 9.17) is 10.2 Å². The summed E-state index contributed by atoms with van der Waals surface area (Å²) in [7, 11) is 0. The maximum absolute atomic E-state index is 14.0. The third-order valence-electron chi connectivity index (χ3n) is 3.14. The maximum Gasteiger partial charge on any atom is 0.145 e. The smallest absolute Gasteiger partial charge is 0.145 e. The summed E-state index contributed by atoms with van der Waals surface area (Å²) in [6.45, 7) is 0. The van der Waals surface area contributed by atoms with E-state index in [0.717, 1.165) is 5.39 Å². The van der Waals surface area contributed by atoms with Crippen LogP contribution < -0.4 is 5.73 Å². The third kappa shape index (κ3) is 2.13. The summed E-state index contributed by atoms with van der Waals surface area (Å²) in [5, 5.41) is 0.841. The summed E-state index contributed by atoms with van der Waals surface area (Å²) in [6.07, 6.45) is 0. The Kier molecular flexibility index (Phi) is 3.31. The van der Waals surface area contributed by atoms with Crippen molar-refractivity contribution in [2.24, 2.45) is 5.73 Å². The van der Waals surface area contributed by atoms with Crippen LogP contribution in [0.1, 0.15) is 17.4 Å². The number of hydrogen-bond donors (Lipinski definition) is 1. The summed E-state index contributed by atoms with van der Waals surface area (Å²) >= 11 is 3.03. The van der Waals surface area contributed by atoms with Gasteiger partial charge in [-0.25, -0.2) is 8.78 Å². The molecule has 0 saturated heterocycles. The largest absolute Gasteiger partial charge is 0.459 e. The van der Waals surface area contributed by atoms with Gasteiger partial charge in [-0.05, 0) is 40.2 Å². The lowest BCUT2D eigenvalue weighted by molar-refractivity contribution is 0.486. The van der Waals surface area contributed by atoms with Crippen LogP contribution in [0.3, 0.4) is 0 Å². The summed E-state index contributed by atoms with van der Waals surface area (Å²) < 4.78 is 33.6. The van der Waals surface area contributed by atoms with Crippen molar-refractivity contribution in [2.45, 2.75) is 6.04 Å². The Morgan fingerprint density at radius 1 is 1.10 bits per heavy atom. The molecule has 0 fully saturated rings. The second-order valence-electron chi connectivity index (χ2n) is 4.42. The zero-order valence-corrected chi connectivity index (χ0v) is 11.8. The number of nitrogens with two attached hydrogens (primary N) is 1. The number of fused-ring (bicyclic) bond motifs is 1. The Morgan fingerprint density at radius 3 is 2.60 bits per heavy atom. The van der Waals surface area contributed by atoms with E-state index in [1.54, 1.807) is 12.1 Å². The quantitative estimate of drug-likeness (QED) is 0.698. The minimum absolute atomic E-state index is 0.167. The van der Waals surface area contributed by atoms with Crippen molar-refractivity contribution in [2.75, 3.05) is 0 Å². The minimum Gasteiger partial charge on any atom is -0.459 e. The van der Waals surface area contributed by atoms with Gasteiger partial charge in [0, 0.05) is 10.9 Å². The van der Waals surface area contributed by atoms with Gasteiger partial charge in [0.25, 0.3) is 0 Å². The van der Waals surface area contributed by atoms with Gasteiger partial charge in [-0.2, -0.15) is 0 Å². The van der Waals surface area contributed by atoms with Gasteiger partial charge in [0.15, 0.2) is 0 Å². The van der Waals surface area contributed by atoms with E-state index in [0.29, 0.717) is 11.3 Å². The van der Waals surface area contributed by atoms with Crippen LogP contribution >= 0.6 is 15.9 Å². The van der Waals surface area contributed by atoms with Gasteiger partial charge in [0.2, 0.25) is 0 Å². The fourth-order valence-corrected chi connectivity index (χ4v) is 2.47. The molecule has 2 aromatic carbocycles. The van der Waals surface area contributed by atoms with Crippen LogP contribution in [0.5, 0.6) is 0 Å². The Hall–Kier alpha value is -1.72. The number of para-hydroxylation sites is 1. The third-order valence-corrected chi connectivity index (χ3v) is 3.75. The van der Waals surface area contributed by atoms with Crippen molar-refractivity contribution in [3.05, 3.63) is 69.9 Å². The van der Waals surface area contributed by atoms with E-state index in [-0.39, 0.29) is 10.0 Å². The zero-order valence-electron chi connectivity index (χ0n) is 10.2. The highest BCUT2D eigenvalue weighted by Crippen LogP contribution is 2.31. The molecule has 1 atom stereocenters. The van der Waals surface area contributed by atoms with E-state index in [9.17, 15) is 8.78 Å². The molecule has 3 rings (SSSR count). The number of rotatable bonds is 2. The molecule has 102 valence electrons. The molecule has 0 spiro atoms. The lowest BCUT2D eigenvalue weighted by atomic mass is 10.0. The Balaban J connectivity index is 2.13. The van der Waals surface area contributed by atoms with Gasteiger partial charge < -0.3 is 10.2 Å². The average Bonchev–Trinajstić information content (AvgIpc) is 2.87. The first-order valence-corrected chi connectivity index (χ1v) is 6.74. The summed E-state index contributed by atoms with van der Waals surface area (Å²) in [5.41, 5.74) is 6.38. The van der Waals surface area contributed by atoms with Crippen LogP contribution in [-0.4, -0.2) is 0 Å². The normalized spacial score (nSPS) is 12.8. The van der Waals surface area contributed by atoms with E-state index in [2.05, 4.69) is 15.9 Å². The lowest BCUT2D eigenvalue weighted by Crippen LogP contribution is -2.15. The Morgan fingerprint density at radius 2 is 1.85 bits per heavy atom. The van der Waals surface area contributed by atoms with Gasteiger partial charge >= 0.3 is 0 Å². The van der Waals surface area contributed by atoms with Gasteiger partial charge in [-0.15, -0.1) is 0 Å². The Labute approximate surface area is 122 Å². The fourth-order valence-electron chi connectivity index (χ4n) is 2.13.